The molecule has 1 spiro atoms. The Morgan fingerprint density at radius 1 is 1.00 bits per heavy atom. The third-order valence-electron chi connectivity index (χ3n) is 8.53. The normalized spacial score (nSPS) is 22.0. The molecular formula is C27H34N4O4S. The molecule has 2 aliphatic heterocycles. The zero-order valence-corrected chi connectivity index (χ0v) is 21.3. The van der Waals surface area contributed by atoms with Gasteiger partial charge in [0.15, 0.2) is 9.84 Å². The number of aromatic nitrogens is 1. The first-order chi connectivity index (χ1) is 17.3. The molecule has 6 rings (SSSR count). The summed E-state index contributed by atoms with van der Waals surface area (Å²) in [4.78, 5) is 22.8. The van der Waals surface area contributed by atoms with Gasteiger partial charge in [-0.2, -0.15) is 0 Å². The Bertz CT molecular complexity index is 1250. The molecule has 36 heavy (non-hydrogen) atoms. The van der Waals surface area contributed by atoms with Gasteiger partial charge in [0.05, 0.1) is 21.8 Å². The fraction of sp³-hybridized carbons (Fsp3) is 0.556. The van der Waals surface area contributed by atoms with E-state index in [1.165, 1.54) is 12.8 Å². The molecule has 8 nitrogen and oxygen atoms in total. The number of nitrogens with zero attached hydrogens (tertiary/aromatic N) is 3. The van der Waals surface area contributed by atoms with Crippen LogP contribution in [0, 0.1) is 5.41 Å². The van der Waals surface area contributed by atoms with Gasteiger partial charge in [0.2, 0.25) is 0 Å². The van der Waals surface area contributed by atoms with Crippen molar-refractivity contribution >= 4 is 33.1 Å². The monoisotopic (exact) mass is 510 g/mol. The van der Waals surface area contributed by atoms with E-state index in [-0.39, 0.29) is 22.2 Å². The van der Waals surface area contributed by atoms with Crippen molar-refractivity contribution in [2.45, 2.75) is 67.6 Å². The maximum absolute atomic E-state index is 13.5. The highest BCUT2D eigenvalue weighted by molar-refractivity contribution is 7.92. The van der Waals surface area contributed by atoms with Crippen LogP contribution >= 0.6 is 0 Å². The number of piperidine rings is 1. The van der Waals surface area contributed by atoms with E-state index in [0.717, 1.165) is 44.6 Å². The molecule has 2 saturated heterocycles. The van der Waals surface area contributed by atoms with Crippen molar-refractivity contribution in [3.63, 3.8) is 0 Å². The Morgan fingerprint density at radius 2 is 1.72 bits per heavy atom. The van der Waals surface area contributed by atoms with Gasteiger partial charge in [0.1, 0.15) is 11.6 Å². The Kier molecular flexibility index (Phi) is 5.95. The molecule has 0 bridgehead atoms. The number of β-amino-alcohol motifs (C(OH)–C–C–N with tert-alkyl or cyclic N) is 1. The number of hydrogen-bond acceptors (Lipinski definition) is 7. The van der Waals surface area contributed by atoms with Gasteiger partial charge in [-0.15, -0.1) is 0 Å². The molecular weight excluding hydrogens is 476 g/mol. The first kappa shape index (κ1) is 23.7. The molecule has 2 N–H and O–H groups in total. The van der Waals surface area contributed by atoms with Crippen LogP contribution in [0.25, 0.3) is 0 Å². The summed E-state index contributed by atoms with van der Waals surface area (Å²) in [6.45, 7) is 2.83. The molecule has 192 valence electrons. The molecule has 1 aromatic heterocycles. The largest absolute Gasteiger partial charge is 0.389 e. The Morgan fingerprint density at radius 3 is 2.39 bits per heavy atom. The van der Waals surface area contributed by atoms with Crippen LogP contribution in [0.3, 0.4) is 0 Å². The number of carbonyl (C=O) groups is 1. The molecule has 0 unspecified atom stereocenters. The fourth-order valence-electron chi connectivity index (χ4n) is 5.89. The molecule has 0 radical (unpaired) electrons. The number of aliphatic hydroxyl groups excluding tert-OH is 1. The summed E-state index contributed by atoms with van der Waals surface area (Å²) in [6, 6.07) is 10.2. The van der Waals surface area contributed by atoms with Crippen LogP contribution in [0.15, 0.2) is 41.3 Å². The lowest BCUT2D eigenvalue weighted by molar-refractivity contribution is 0.102. The average Bonchev–Trinajstić information content (AvgIpc) is 3.37. The van der Waals surface area contributed by atoms with Crippen molar-refractivity contribution in [2.24, 2.45) is 5.41 Å². The fourth-order valence-corrected chi connectivity index (χ4v) is 7.78. The number of anilines is 3. The first-order valence-corrected chi connectivity index (χ1v) is 14.7. The molecule has 9 heteroatoms. The summed E-state index contributed by atoms with van der Waals surface area (Å²) in [6.07, 6.45) is 7.78. The first-order valence-electron chi connectivity index (χ1n) is 13.2. The van der Waals surface area contributed by atoms with Crippen LogP contribution in [-0.4, -0.2) is 61.9 Å². The number of carbonyl (C=O) groups excluding carboxylic acids is 1. The van der Waals surface area contributed by atoms with Crippen molar-refractivity contribution in [1.82, 2.24) is 4.98 Å². The van der Waals surface area contributed by atoms with E-state index in [9.17, 15) is 18.3 Å². The number of pyridine rings is 1. The standard InChI is InChI=1S/C27H34N4O4S/c32-20-17-31(18-20)24-9-8-23(25(29-24)30-14-12-27(10-11-27)13-15-30)26(33)28-19-4-3-7-22(16-19)36(34,35)21-5-1-2-6-21/h3-4,7-9,16,20-21,32H,1-2,5-6,10-15,17-18H2,(H,28,33). The predicted molar refractivity (Wildman–Crippen MR) is 139 cm³/mol. The number of aliphatic hydroxyl groups is 1. The minimum Gasteiger partial charge on any atom is -0.389 e. The van der Waals surface area contributed by atoms with Crippen molar-refractivity contribution in [3.8, 4) is 0 Å². The van der Waals surface area contributed by atoms with Crippen LogP contribution in [0.4, 0.5) is 17.3 Å². The Balaban J connectivity index is 1.25. The summed E-state index contributed by atoms with van der Waals surface area (Å²) >= 11 is 0. The maximum Gasteiger partial charge on any atom is 0.259 e. The summed E-state index contributed by atoms with van der Waals surface area (Å²) < 4.78 is 26.1. The predicted octanol–water partition coefficient (Wildman–Crippen LogP) is 3.61. The summed E-state index contributed by atoms with van der Waals surface area (Å²) in [7, 11) is -3.41. The second-order valence-corrected chi connectivity index (χ2v) is 13.2. The highest BCUT2D eigenvalue weighted by Gasteiger charge is 2.45. The molecule has 4 fully saturated rings. The molecule has 2 aliphatic carbocycles. The summed E-state index contributed by atoms with van der Waals surface area (Å²) in [5, 5.41) is 12.3. The lowest BCUT2D eigenvalue weighted by Crippen LogP contribution is -2.51. The highest BCUT2D eigenvalue weighted by Crippen LogP contribution is 2.54. The third kappa shape index (κ3) is 4.47. The smallest absolute Gasteiger partial charge is 0.259 e. The SMILES string of the molecule is O=C(Nc1cccc(S(=O)(=O)C2CCCC2)c1)c1ccc(N2CC(O)C2)nc1N1CCC2(CC1)CC2. The van der Waals surface area contributed by atoms with Crippen molar-refractivity contribution in [2.75, 3.05) is 41.3 Å². The Labute approximate surface area is 212 Å². The van der Waals surface area contributed by atoms with Crippen LogP contribution < -0.4 is 15.1 Å². The number of rotatable bonds is 6. The van der Waals surface area contributed by atoms with Crippen LogP contribution in [0.2, 0.25) is 0 Å². The van der Waals surface area contributed by atoms with Gasteiger partial charge in [0.25, 0.3) is 5.91 Å². The van der Waals surface area contributed by atoms with E-state index in [2.05, 4.69) is 10.2 Å². The molecule has 1 aromatic carbocycles. The van der Waals surface area contributed by atoms with Gasteiger partial charge >= 0.3 is 0 Å². The van der Waals surface area contributed by atoms with Crippen molar-refractivity contribution < 1.29 is 18.3 Å². The minimum absolute atomic E-state index is 0.267. The lowest BCUT2D eigenvalue weighted by Gasteiger charge is -2.38. The van der Waals surface area contributed by atoms with Gasteiger partial charge in [0, 0.05) is 31.9 Å². The van der Waals surface area contributed by atoms with Gasteiger partial charge in [-0.3, -0.25) is 4.79 Å². The molecule has 2 aromatic rings. The van der Waals surface area contributed by atoms with Crippen molar-refractivity contribution in [3.05, 3.63) is 42.0 Å². The van der Waals surface area contributed by atoms with E-state index < -0.39 is 9.84 Å². The van der Waals surface area contributed by atoms with E-state index >= 15 is 0 Å². The number of nitrogens with one attached hydrogen (secondary N) is 1. The van der Waals surface area contributed by atoms with Gasteiger partial charge in [-0.25, -0.2) is 13.4 Å². The minimum atomic E-state index is -3.41. The van der Waals surface area contributed by atoms with Gasteiger partial charge < -0.3 is 20.2 Å². The quantitative estimate of drug-likeness (QED) is 0.612. The van der Waals surface area contributed by atoms with Gasteiger partial charge in [-0.1, -0.05) is 18.9 Å². The number of hydrogen-bond donors (Lipinski definition) is 2. The molecule has 3 heterocycles. The van der Waals surface area contributed by atoms with E-state index in [1.54, 1.807) is 30.3 Å². The maximum atomic E-state index is 13.5. The van der Waals surface area contributed by atoms with Crippen LogP contribution in [-0.2, 0) is 9.84 Å². The van der Waals surface area contributed by atoms with E-state index in [0.29, 0.717) is 48.4 Å². The van der Waals surface area contributed by atoms with Crippen LogP contribution in [0.5, 0.6) is 0 Å². The highest BCUT2D eigenvalue weighted by atomic mass is 32.2. The number of benzene rings is 1. The second kappa shape index (κ2) is 9.03. The molecule has 1 amide bonds. The summed E-state index contributed by atoms with van der Waals surface area (Å²) in [5.41, 5.74) is 1.45. The summed E-state index contributed by atoms with van der Waals surface area (Å²) in [5.74, 6) is 1.13. The molecule has 0 atom stereocenters. The van der Waals surface area contributed by atoms with E-state index in [4.69, 9.17) is 4.98 Å². The zero-order chi connectivity index (χ0) is 24.9. The van der Waals surface area contributed by atoms with Gasteiger partial charge in [-0.05, 0) is 74.3 Å². The van der Waals surface area contributed by atoms with Crippen LogP contribution in [0.1, 0.15) is 61.7 Å². The zero-order valence-electron chi connectivity index (χ0n) is 20.5. The molecule has 2 saturated carbocycles. The Hall–Kier alpha value is -2.65. The average molecular weight is 511 g/mol. The van der Waals surface area contributed by atoms with Crippen molar-refractivity contribution in [1.29, 1.82) is 0 Å². The number of sulfone groups is 1. The van der Waals surface area contributed by atoms with E-state index in [1.807, 2.05) is 11.0 Å². The molecule has 4 aliphatic rings. The third-order valence-corrected chi connectivity index (χ3v) is 10.8. The lowest BCUT2D eigenvalue weighted by atomic mass is 9.93. The number of amides is 1. The topological polar surface area (TPSA) is 103 Å². The second-order valence-electron chi connectivity index (χ2n) is 11.0.